The summed E-state index contributed by atoms with van der Waals surface area (Å²) in [6, 6.07) is 12.8. The van der Waals surface area contributed by atoms with Gasteiger partial charge in [-0.15, -0.1) is 6.58 Å². The molecule has 0 saturated heterocycles. The lowest BCUT2D eigenvalue weighted by Gasteiger charge is -2.10. The van der Waals surface area contributed by atoms with Crippen LogP contribution in [0, 0.1) is 0 Å². The second-order valence-electron chi connectivity index (χ2n) is 4.79. The van der Waals surface area contributed by atoms with E-state index in [0.717, 1.165) is 16.9 Å². The average molecular weight is 316 g/mol. The first-order chi connectivity index (χ1) is 10.7. The summed E-state index contributed by atoms with van der Waals surface area (Å²) in [6.07, 6.45) is 2.43. The van der Waals surface area contributed by atoms with Crippen LogP contribution >= 0.6 is 11.6 Å². The highest BCUT2D eigenvalue weighted by molar-refractivity contribution is 6.31. The molecule has 2 aromatic rings. The van der Waals surface area contributed by atoms with E-state index < -0.39 is 0 Å². The number of ether oxygens (including phenoxy) is 1. The van der Waals surface area contributed by atoms with E-state index in [4.69, 9.17) is 16.3 Å². The van der Waals surface area contributed by atoms with Crippen LogP contribution in [0.5, 0.6) is 5.75 Å². The van der Waals surface area contributed by atoms with Crippen LogP contribution in [0.2, 0.25) is 5.02 Å². The topological polar surface area (TPSA) is 38.3 Å². The number of carbonyl (C=O) groups excluding carboxylic acids is 1. The van der Waals surface area contributed by atoms with Crippen molar-refractivity contribution in [1.82, 2.24) is 5.32 Å². The molecular weight excluding hydrogens is 298 g/mol. The van der Waals surface area contributed by atoms with Crippen LogP contribution in [0.1, 0.15) is 21.5 Å². The van der Waals surface area contributed by atoms with E-state index >= 15 is 0 Å². The van der Waals surface area contributed by atoms with E-state index in [1.807, 2.05) is 24.3 Å². The van der Waals surface area contributed by atoms with Crippen LogP contribution < -0.4 is 10.1 Å². The summed E-state index contributed by atoms with van der Waals surface area (Å²) in [5.74, 6) is 0.607. The van der Waals surface area contributed by atoms with Crippen LogP contribution in [0.15, 0.2) is 55.1 Å². The largest absolute Gasteiger partial charge is 0.496 e. The Balaban J connectivity index is 2.11. The molecule has 114 valence electrons. The van der Waals surface area contributed by atoms with Crippen molar-refractivity contribution in [2.45, 2.75) is 13.0 Å². The fourth-order valence-electron chi connectivity index (χ4n) is 2.15. The van der Waals surface area contributed by atoms with E-state index in [1.54, 1.807) is 31.4 Å². The molecule has 2 aromatic carbocycles. The van der Waals surface area contributed by atoms with E-state index in [0.29, 0.717) is 23.6 Å². The molecule has 0 aliphatic rings. The van der Waals surface area contributed by atoms with Crippen molar-refractivity contribution in [3.05, 3.63) is 76.8 Å². The molecule has 2 rings (SSSR count). The highest BCUT2D eigenvalue weighted by Gasteiger charge is 2.10. The summed E-state index contributed by atoms with van der Waals surface area (Å²) in [7, 11) is 1.61. The Morgan fingerprint density at radius 2 is 2.05 bits per heavy atom. The fraction of sp³-hybridized carbons (Fsp3) is 0.167. The summed E-state index contributed by atoms with van der Waals surface area (Å²) >= 11 is 6.08. The standard InChI is InChI=1S/C18H18ClNO2/c1-3-6-13-11-14(9-10-17(13)22-2)18(21)20-12-15-7-4-5-8-16(15)19/h3-5,7-11H,1,6,12H2,2H3,(H,20,21). The minimum Gasteiger partial charge on any atom is -0.496 e. The maximum absolute atomic E-state index is 12.3. The summed E-state index contributed by atoms with van der Waals surface area (Å²) in [6.45, 7) is 4.11. The molecule has 0 aromatic heterocycles. The minimum absolute atomic E-state index is 0.145. The molecule has 1 N–H and O–H groups in total. The molecule has 1 amide bonds. The van der Waals surface area contributed by atoms with Gasteiger partial charge >= 0.3 is 0 Å². The lowest BCUT2D eigenvalue weighted by molar-refractivity contribution is 0.0951. The summed E-state index contributed by atoms with van der Waals surface area (Å²) < 4.78 is 5.28. The van der Waals surface area contributed by atoms with E-state index in [1.165, 1.54) is 0 Å². The Morgan fingerprint density at radius 3 is 2.73 bits per heavy atom. The zero-order chi connectivity index (χ0) is 15.9. The van der Waals surface area contributed by atoms with Gasteiger partial charge in [-0.05, 0) is 41.8 Å². The first-order valence-corrected chi connectivity index (χ1v) is 7.33. The van der Waals surface area contributed by atoms with Crippen molar-refractivity contribution in [3.8, 4) is 5.75 Å². The van der Waals surface area contributed by atoms with E-state index in [2.05, 4.69) is 11.9 Å². The molecule has 0 bridgehead atoms. The molecule has 0 saturated carbocycles. The number of halogens is 1. The molecule has 0 heterocycles. The number of amides is 1. The number of hydrogen-bond donors (Lipinski definition) is 1. The predicted molar refractivity (Wildman–Crippen MR) is 89.5 cm³/mol. The molecule has 0 aliphatic carbocycles. The predicted octanol–water partition coefficient (Wildman–Crippen LogP) is 4.01. The molecule has 4 heteroatoms. The molecule has 0 unspecified atom stereocenters. The molecule has 22 heavy (non-hydrogen) atoms. The Labute approximate surface area is 135 Å². The lowest BCUT2D eigenvalue weighted by atomic mass is 10.1. The van der Waals surface area contributed by atoms with Gasteiger partial charge in [-0.3, -0.25) is 4.79 Å². The summed E-state index contributed by atoms with van der Waals surface area (Å²) in [5, 5.41) is 3.52. The molecule has 3 nitrogen and oxygen atoms in total. The first-order valence-electron chi connectivity index (χ1n) is 6.95. The zero-order valence-electron chi connectivity index (χ0n) is 12.4. The normalized spacial score (nSPS) is 10.1. The van der Waals surface area contributed by atoms with Gasteiger partial charge in [0.1, 0.15) is 5.75 Å². The van der Waals surface area contributed by atoms with Crippen molar-refractivity contribution >= 4 is 17.5 Å². The van der Waals surface area contributed by atoms with Crippen molar-refractivity contribution in [2.75, 3.05) is 7.11 Å². The van der Waals surface area contributed by atoms with Crippen LogP contribution in [-0.2, 0) is 13.0 Å². The molecule has 0 aliphatic heterocycles. The summed E-state index contributed by atoms with van der Waals surface area (Å²) in [5.41, 5.74) is 2.41. The quantitative estimate of drug-likeness (QED) is 0.818. The molecule has 0 radical (unpaired) electrons. The molecule has 0 fully saturated rings. The van der Waals surface area contributed by atoms with Gasteiger partial charge in [0.05, 0.1) is 7.11 Å². The Kier molecular flexibility index (Phi) is 5.61. The highest BCUT2D eigenvalue weighted by Crippen LogP contribution is 2.21. The fourth-order valence-corrected chi connectivity index (χ4v) is 2.36. The van der Waals surface area contributed by atoms with Crippen molar-refractivity contribution in [3.63, 3.8) is 0 Å². The number of nitrogens with one attached hydrogen (secondary N) is 1. The highest BCUT2D eigenvalue weighted by atomic mass is 35.5. The number of hydrogen-bond acceptors (Lipinski definition) is 2. The van der Waals surface area contributed by atoms with Crippen LogP contribution in [0.25, 0.3) is 0 Å². The Bertz CT molecular complexity index is 683. The second kappa shape index (κ2) is 7.66. The van der Waals surface area contributed by atoms with Crippen molar-refractivity contribution in [1.29, 1.82) is 0 Å². The number of benzene rings is 2. The van der Waals surface area contributed by atoms with Gasteiger partial charge in [0.25, 0.3) is 5.91 Å². The van der Waals surface area contributed by atoms with E-state index in [-0.39, 0.29) is 5.91 Å². The van der Waals surface area contributed by atoms with Gasteiger partial charge in [0.15, 0.2) is 0 Å². The van der Waals surface area contributed by atoms with Gasteiger partial charge in [-0.25, -0.2) is 0 Å². The third-order valence-corrected chi connectivity index (χ3v) is 3.67. The average Bonchev–Trinajstić information content (AvgIpc) is 2.54. The van der Waals surface area contributed by atoms with Gasteiger partial charge in [0.2, 0.25) is 0 Å². The zero-order valence-corrected chi connectivity index (χ0v) is 13.2. The monoisotopic (exact) mass is 315 g/mol. The number of allylic oxidation sites excluding steroid dienone is 1. The lowest BCUT2D eigenvalue weighted by Crippen LogP contribution is -2.23. The maximum Gasteiger partial charge on any atom is 0.251 e. The SMILES string of the molecule is C=CCc1cc(C(=O)NCc2ccccc2Cl)ccc1OC. The third kappa shape index (κ3) is 3.89. The smallest absolute Gasteiger partial charge is 0.251 e. The molecule has 0 atom stereocenters. The van der Waals surface area contributed by atoms with Crippen LogP contribution in [0.3, 0.4) is 0 Å². The van der Waals surface area contributed by atoms with E-state index in [9.17, 15) is 4.79 Å². The maximum atomic E-state index is 12.3. The van der Waals surface area contributed by atoms with Gasteiger partial charge < -0.3 is 10.1 Å². The summed E-state index contributed by atoms with van der Waals surface area (Å²) in [4.78, 5) is 12.3. The van der Waals surface area contributed by atoms with Crippen molar-refractivity contribution in [2.24, 2.45) is 0 Å². The molecular formula is C18H18ClNO2. The van der Waals surface area contributed by atoms with Crippen LogP contribution in [-0.4, -0.2) is 13.0 Å². The number of carbonyl (C=O) groups is 1. The van der Waals surface area contributed by atoms with Crippen LogP contribution in [0.4, 0.5) is 0 Å². The third-order valence-electron chi connectivity index (χ3n) is 3.30. The van der Waals surface area contributed by atoms with Gasteiger partial charge in [0, 0.05) is 17.1 Å². The number of rotatable bonds is 6. The van der Waals surface area contributed by atoms with Gasteiger partial charge in [-0.2, -0.15) is 0 Å². The first kappa shape index (κ1) is 16.1. The van der Waals surface area contributed by atoms with Gasteiger partial charge in [-0.1, -0.05) is 35.9 Å². The van der Waals surface area contributed by atoms with Crippen molar-refractivity contribution < 1.29 is 9.53 Å². The minimum atomic E-state index is -0.145. The number of methoxy groups -OCH3 is 1. The Hall–Kier alpha value is -2.26. The second-order valence-corrected chi connectivity index (χ2v) is 5.20. The Morgan fingerprint density at radius 1 is 1.27 bits per heavy atom. The molecule has 0 spiro atoms.